The number of halogens is 3. The first-order valence-electron chi connectivity index (χ1n) is 12.9. The second-order valence-corrected chi connectivity index (χ2v) is 10.1. The number of nitrogens with one attached hydrogen (secondary N) is 3. The van der Waals surface area contributed by atoms with Crippen molar-refractivity contribution in [2.45, 2.75) is 70.7 Å². The van der Waals surface area contributed by atoms with Gasteiger partial charge in [0.05, 0.1) is 6.42 Å². The van der Waals surface area contributed by atoms with Crippen LogP contribution < -0.4 is 20.7 Å². The lowest BCUT2D eigenvalue weighted by Crippen LogP contribution is -2.53. The molecule has 4 N–H and O–H groups in total. The molecular weight excluding hydrogens is 579 g/mol. The first-order valence-corrected chi connectivity index (χ1v) is 12.9. The molecule has 2 atom stereocenters. The summed E-state index contributed by atoms with van der Waals surface area (Å²) in [5.74, 6) is -4.63. The quantitative estimate of drug-likeness (QED) is 0.245. The second kappa shape index (κ2) is 15.4. The molecule has 0 radical (unpaired) electrons. The number of alkyl halides is 3. The number of carboxylic acid groups (broad SMARTS) is 1. The van der Waals surface area contributed by atoms with Gasteiger partial charge in [0, 0.05) is 12.1 Å². The number of carbonyl (C=O) groups excluding carboxylic acids is 4. The number of anilines is 1. The predicted octanol–water partition coefficient (Wildman–Crippen LogP) is 3.90. The molecule has 12 nitrogen and oxygen atoms in total. The lowest BCUT2D eigenvalue weighted by Gasteiger charge is -2.24. The first-order chi connectivity index (χ1) is 20.0. The fourth-order valence-electron chi connectivity index (χ4n) is 3.44. The van der Waals surface area contributed by atoms with Crippen LogP contribution >= 0.6 is 0 Å². The molecule has 43 heavy (non-hydrogen) atoms. The summed E-state index contributed by atoms with van der Waals surface area (Å²) in [5, 5.41) is 16.1. The highest BCUT2D eigenvalue weighted by Crippen LogP contribution is 2.24. The summed E-state index contributed by atoms with van der Waals surface area (Å²) >= 11 is 0. The number of alkyl carbamates (subject to hydrolysis) is 1. The highest BCUT2D eigenvalue weighted by molar-refractivity contribution is 5.99. The van der Waals surface area contributed by atoms with Gasteiger partial charge < -0.3 is 35.3 Å². The minimum atomic E-state index is -4.92. The van der Waals surface area contributed by atoms with E-state index in [4.69, 9.17) is 14.6 Å². The third-order valence-electron chi connectivity index (χ3n) is 5.25. The number of hydrogen-bond acceptors (Lipinski definition) is 8. The summed E-state index contributed by atoms with van der Waals surface area (Å²) in [7, 11) is 0. The molecule has 0 aliphatic rings. The molecule has 234 valence electrons. The lowest BCUT2D eigenvalue weighted by atomic mass is 10.1. The van der Waals surface area contributed by atoms with Crippen LogP contribution in [0.1, 0.15) is 45.6 Å². The Morgan fingerprint density at radius 2 is 1.49 bits per heavy atom. The SMILES string of the molecule is CC(C)(C)OC(=O)C[C@H](NC(=O)OCc1ccccc1)C(=O)N[C@@H](CCC(=O)O)C(=O)Nc1ccc(OC(F)(F)F)cc1. The molecule has 2 rings (SSSR count). The maximum absolute atomic E-state index is 13.2. The van der Waals surface area contributed by atoms with E-state index in [0.29, 0.717) is 5.56 Å². The van der Waals surface area contributed by atoms with Crippen LogP contribution in [0.2, 0.25) is 0 Å². The van der Waals surface area contributed by atoms with E-state index in [1.165, 1.54) is 0 Å². The standard InChI is InChI=1S/C28H32F3N3O9/c1-27(2,3)43-23(37)15-21(34-26(40)41-16-17-7-5-4-6-8-17)25(39)33-20(13-14-22(35)36)24(38)32-18-9-11-19(12-10-18)42-28(29,30)31/h4-12,20-21H,13-16H2,1-3H3,(H,32,38)(H,33,39)(H,34,40)(H,35,36)/t20-,21-/m0/s1. The number of ether oxygens (including phenoxy) is 3. The maximum atomic E-state index is 13.2. The Labute approximate surface area is 244 Å². The molecule has 15 heteroatoms. The Balaban J connectivity index is 2.17. The van der Waals surface area contributed by atoms with Gasteiger partial charge >= 0.3 is 24.4 Å². The summed E-state index contributed by atoms with van der Waals surface area (Å²) in [4.78, 5) is 62.3. The lowest BCUT2D eigenvalue weighted by molar-refractivity contribution is -0.274. The van der Waals surface area contributed by atoms with E-state index in [-0.39, 0.29) is 12.3 Å². The van der Waals surface area contributed by atoms with Gasteiger partial charge in [-0.25, -0.2) is 4.79 Å². The zero-order valence-electron chi connectivity index (χ0n) is 23.5. The number of rotatable bonds is 13. The fourth-order valence-corrected chi connectivity index (χ4v) is 3.44. The molecule has 0 spiro atoms. The van der Waals surface area contributed by atoms with Crippen molar-refractivity contribution in [3.8, 4) is 5.75 Å². The van der Waals surface area contributed by atoms with E-state index in [1.807, 2.05) is 0 Å². The summed E-state index contributed by atoms with van der Waals surface area (Å²) in [6.45, 7) is 4.63. The van der Waals surface area contributed by atoms with Crippen molar-refractivity contribution in [1.29, 1.82) is 0 Å². The Morgan fingerprint density at radius 3 is 2.05 bits per heavy atom. The molecule has 0 saturated heterocycles. The van der Waals surface area contributed by atoms with Crippen LogP contribution in [0.3, 0.4) is 0 Å². The van der Waals surface area contributed by atoms with E-state index in [2.05, 4.69) is 20.7 Å². The molecule has 0 unspecified atom stereocenters. The molecule has 0 aliphatic heterocycles. The Kier molecular flexibility index (Phi) is 12.3. The van der Waals surface area contributed by atoms with Gasteiger partial charge in [-0.05, 0) is 57.0 Å². The van der Waals surface area contributed by atoms with E-state index < -0.39 is 78.9 Å². The minimum Gasteiger partial charge on any atom is -0.481 e. The molecule has 2 aromatic rings. The number of hydrogen-bond donors (Lipinski definition) is 4. The van der Waals surface area contributed by atoms with Gasteiger partial charge in [-0.15, -0.1) is 13.2 Å². The maximum Gasteiger partial charge on any atom is 0.573 e. The zero-order chi connectivity index (χ0) is 32.2. The monoisotopic (exact) mass is 611 g/mol. The van der Waals surface area contributed by atoms with Crippen LogP contribution in [0.5, 0.6) is 5.75 Å². The summed E-state index contributed by atoms with van der Waals surface area (Å²) in [6.07, 6.45) is -7.59. The van der Waals surface area contributed by atoms with Crippen molar-refractivity contribution in [1.82, 2.24) is 10.6 Å². The first kappa shape index (κ1) is 34.4. The Bertz CT molecular complexity index is 1260. The average molecular weight is 612 g/mol. The van der Waals surface area contributed by atoms with E-state index in [1.54, 1.807) is 51.1 Å². The molecule has 3 amide bonds. The van der Waals surface area contributed by atoms with Crippen molar-refractivity contribution >= 4 is 35.5 Å². The summed E-state index contributed by atoms with van der Waals surface area (Å²) in [5.41, 5.74) is -0.257. The Hall–Kier alpha value is -4.82. The van der Waals surface area contributed by atoms with Crippen LogP contribution in [0.25, 0.3) is 0 Å². The van der Waals surface area contributed by atoms with Crippen molar-refractivity contribution < 1.29 is 56.5 Å². The number of benzene rings is 2. The van der Waals surface area contributed by atoms with Gasteiger partial charge in [-0.1, -0.05) is 30.3 Å². The number of carbonyl (C=O) groups is 5. The van der Waals surface area contributed by atoms with Crippen molar-refractivity contribution in [2.75, 3.05) is 5.32 Å². The van der Waals surface area contributed by atoms with Crippen molar-refractivity contribution in [3.05, 3.63) is 60.2 Å². The van der Waals surface area contributed by atoms with Gasteiger partial charge in [0.25, 0.3) is 0 Å². The number of aliphatic carboxylic acids is 1. The minimum absolute atomic E-state index is 0.0158. The highest BCUT2D eigenvalue weighted by Gasteiger charge is 2.32. The highest BCUT2D eigenvalue weighted by atomic mass is 19.4. The zero-order valence-corrected chi connectivity index (χ0v) is 23.5. The van der Waals surface area contributed by atoms with Crippen molar-refractivity contribution in [2.24, 2.45) is 0 Å². The number of carboxylic acids is 1. The molecule has 0 saturated carbocycles. The largest absolute Gasteiger partial charge is 0.573 e. The molecule has 0 heterocycles. The van der Waals surface area contributed by atoms with Gasteiger partial charge in [0.2, 0.25) is 11.8 Å². The predicted molar refractivity (Wildman–Crippen MR) is 145 cm³/mol. The summed E-state index contributed by atoms with van der Waals surface area (Å²) < 4.78 is 51.4. The van der Waals surface area contributed by atoms with E-state index >= 15 is 0 Å². The van der Waals surface area contributed by atoms with Crippen LogP contribution in [0, 0.1) is 0 Å². The van der Waals surface area contributed by atoms with Gasteiger partial charge in [-0.2, -0.15) is 0 Å². The number of amides is 3. The molecule has 0 aliphatic carbocycles. The molecule has 0 aromatic heterocycles. The van der Waals surface area contributed by atoms with Crippen LogP contribution in [0.15, 0.2) is 54.6 Å². The fraction of sp³-hybridized carbons (Fsp3) is 0.393. The van der Waals surface area contributed by atoms with Crippen molar-refractivity contribution in [3.63, 3.8) is 0 Å². The normalized spacial score (nSPS) is 12.7. The van der Waals surface area contributed by atoms with Gasteiger partial charge in [0.1, 0.15) is 30.0 Å². The molecule has 0 fully saturated rings. The third kappa shape index (κ3) is 14.1. The molecular formula is C28H32F3N3O9. The average Bonchev–Trinajstić information content (AvgIpc) is 2.89. The van der Waals surface area contributed by atoms with E-state index in [9.17, 15) is 37.1 Å². The van der Waals surface area contributed by atoms with Crippen LogP contribution in [-0.4, -0.2) is 59.0 Å². The van der Waals surface area contributed by atoms with Gasteiger partial charge in [0.15, 0.2) is 0 Å². The van der Waals surface area contributed by atoms with Gasteiger partial charge in [-0.3, -0.25) is 19.2 Å². The topological polar surface area (TPSA) is 169 Å². The summed E-state index contributed by atoms with van der Waals surface area (Å²) in [6, 6.07) is 9.61. The van der Waals surface area contributed by atoms with Crippen LogP contribution in [-0.2, 0) is 35.3 Å². The molecule has 0 bridgehead atoms. The van der Waals surface area contributed by atoms with Crippen LogP contribution in [0.4, 0.5) is 23.7 Å². The third-order valence-corrected chi connectivity index (χ3v) is 5.25. The Morgan fingerprint density at radius 1 is 0.860 bits per heavy atom. The second-order valence-electron chi connectivity index (χ2n) is 10.1. The molecule has 2 aromatic carbocycles. The smallest absolute Gasteiger partial charge is 0.481 e. The van der Waals surface area contributed by atoms with E-state index in [0.717, 1.165) is 24.3 Å². The number of esters is 1.